The highest BCUT2D eigenvalue weighted by Crippen LogP contribution is 2.30. The number of aromatic nitrogens is 1. The summed E-state index contributed by atoms with van der Waals surface area (Å²) in [6.07, 6.45) is 4.02. The molecule has 2 atom stereocenters. The summed E-state index contributed by atoms with van der Waals surface area (Å²) in [5.74, 6) is -0.334. The maximum atomic E-state index is 12.3. The highest BCUT2D eigenvalue weighted by atomic mass is 32.3. The molecule has 3 heterocycles. The molecule has 2 N–H and O–H groups in total. The second-order valence-electron chi connectivity index (χ2n) is 5.59. The molecular formula is C13H16N4O6S. The average molecular weight is 356 g/mol. The summed E-state index contributed by atoms with van der Waals surface area (Å²) < 4.78 is 34.7. The van der Waals surface area contributed by atoms with E-state index in [0.717, 1.165) is 5.56 Å². The van der Waals surface area contributed by atoms with Crippen LogP contribution in [0.2, 0.25) is 0 Å². The standard InChI is InChI=1S/C13H16N4O6S/c18-12(15-7-9-2-1-5-14-6-9)11-4-3-10-8-16(11)13(19)17(10)23-24(20,21)22/h1-2,5-6,10-11H,3-4,7-8H2,(H,15,18)(H,20,21,22)/t10-,11+/m1/s1. The first-order valence-electron chi connectivity index (χ1n) is 7.28. The van der Waals surface area contributed by atoms with Gasteiger partial charge in [0.2, 0.25) is 5.91 Å². The Morgan fingerprint density at radius 1 is 1.46 bits per heavy atom. The Morgan fingerprint density at radius 3 is 2.92 bits per heavy atom. The van der Waals surface area contributed by atoms with E-state index in [-0.39, 0.29) is 19.0 Å². The molecule has 0 spiro atoms. The number of hydrogen-bond acceptors (Lipinski definition) is 6. The zero-order valence-electron chi connectivity index (χ0n) is 12.5. The first kappa shape index (κ1) is 16.6. The molecule has 11 heteroatoms. The summed E-state index contributed by atoms with van der Waals surface area (Å²) >= 11 is 0. The van der Waals surface area contributed by atoms with Gasteiger partial charge in [-0.25, -0.2) is 4.79 Å². The van der Waals surface area contributed by atoms with Gasteiger partial charge in [-0.2, -0.15) is 13.5 Å². The fourth-order valence-corrected chi connectivity index (χ4v) is 3.30. The fourth-order valence-electron chi connectivity index (χ4n) is 2.91. The molecule has 2 fully saturated rings. The van der Waals surface area contributed by atoms with Crippen LogP contribution < -0.4 is 5.32 Å². The number of piperidine rings is 1. The van der Waals surface area contributed by atoms with Crippen LogP contribution in [0.1, 0.15) is 18.4 Å². The van der Waals surface area contributed by atoms with E-state index < -0.39 is 28.5 Å². The Labute approximate surface area is 138 Å². The van der Waals surface area contributed by atoms with Gasteiger partial charge in [0, 0.05) is 25.5 Å². The van der Waals surface area contributed by atoms with Gasteiger partial charge in [-0.15, -0.1) is 4.28 Å². The average Bonchev–Trinajstić information content (AvgIpc) is 2.77. The topological polar surface area (TPSA) is 129 Å². The van der Waals surface area contributed by atoms with Crippen LogP contribution in [0.25, 0.3) is 0 Å². The van der Waals surface area contributed by atoms with E-state index in [0.29, 0.717) is 17.9 Å². The van der Waals surface area contributed by atoms with Gasteiger partial charge < -0.3 is 10.2 Å². The molecule has 1 aromatic heterocycles. The van der Waals surface area contributed by atoms with Crippen molar-refractivity contribution in [2.75, 3.05) is 6.54 Å². The molecule has 3 amide bonds. The van der Waals surface area contributed by atoms with Crippen molar-refractivity contribution < 1.29 is 26.8 Å². The van der Waals surface area contributed by atoms with Gasteiger partial charge >= 0.3 is 16.4 Å². The van der Waals surface area contributed by atoms with Crippen molar-refractivity contribution in [3.8, 4) is 0 Å². The molecule has 0 aromatic carbocycles. The number of pyridine rings is 1. The maximum absolute atomic E-state index is 12.3. The lowest BCUT2D eigenvalue weighted by Crippen LogP contribution is -2.49. The summed E-state index contributed by atoms with van der Waals surface area (Å²) in [5.41, 5.74) is 0.823. The second-order valence-corrected chi connectivity index (χ2v) is 6.59. The van der Waals surface area contributed by atoms with E-state index in [1.165, 1.54) is 4.90 Å². The minimum atomic E-state index is -4.79. The van der Waals surface area contributed by atoms with Gasteiger partial charge in [-0.05, 0) is 24.5 Å². The number of rotatable bonds is 5. The van der Waals surface area contributed by atoms with E-state index in [2.05, 4.69) is 14.6 Å². The van der Waals surface area contributed by atoms with Crippen LogP contribution in [0.5, 0.6) is 0 Å². The first-order valence-corrected chi connectivity index (χ1v) is 8.65. The SMILES string of the molecule is O=C(NCc1cccnc1)[C@@H]1CC[C@@H]2CN1C(=O)N2OS(=O)(=O)O. The molecule has 0 unspecified atom stereocenters. The third-order valence-corrected chi connectivity index (χ3v) is 4.34. The zero-order chi connectivity index (χ0) is 17.3. The zero-order valence-corrected chi connectivity index (χ0v) is 13.3. The molecule has 1 aromatic rings. The number of hydrogen-bond donors (Lipinski definition) is 2. The van der Waals surface area contributed by atoms with Crippen molar-refractivity contribution in [2.24, 2.45) is 0 Å². The third kappa shape index (κ3) is 3.47. The fraction of sp³-hybridized carbons (Fsp3) is 0.462. The Bertz CT molecular complexity index is 740. The summed E-state index contributed by atoms with van der Waals surface area (Å²) in [6.45, 7) is 0.444. The number of carbonyl (C=O) groups excluding carboxylic acids is 2. The number of nitrogens with zero attached hydrogens (tertiary/aromatic N) is 3. The largest absolute Gasteiger partial charge is 0.418 e. The van der Waals surface area contributed by atoms with Gasteiger partial charge in [0.1, 0.15) is 6.04 Å². The smallest absolute Gasteiger partial charge is 0.350 e. The van der Waals surface area contributed by atoms with E-state index in [1.54, 1.807) is 18.5 Å². The van der Waals surface area contributed by atoms with Crippen LogP contribution in [-0.4, -0.2) is 58.5 Å². The van der Waals surface area contributed by atoms with Crippen molar-refractivity contribution in [1.82, 2.24) is 20.3 Å². The van der Waals surface area contributed by atoms with E-state index in [9.17, 15) is 18.0 Å². The van der Waals surface area contributed by atoms with Crippen molar-refractivity contribution in [3.05, 3.63) is 30.1 Å². The van der Waals surface area contributed by atoms with Gasteiger partial charge in [0.15, 0.2) is 0 Å². The number of hydroxylamine groups is 2. The number of nitrogens with one attached hydrogen (secondary N) is 1. The molecular weight excluding hydrogens is 340 g/mol. The van der Waals surface area contributed by atoms with Crippen LogP contribution >= 0.6 is 0 Å². The Balaban J connectivity index is 1.64. The van der Waals surface area contributed by atoms with Gasteiger partial charge in [-0.1, -0.05) is 6.07 Å². The van der Waals surface area contributed by atoms with Gasteiger partial charge in [0.05, 0.1) is 6.04 Å². The lowest BCUT2D eigenvalue weighted by atomic mass is 10.0. The minimum absolute atomic E-state index is 0.166. The molecule has 24 heavy (non-hydrogen) atoms. The monoisotopic (exact) mass is 356 g/mol. The van der Waals surface area contributed by atoms with Crippen molar-refractivity contribution in [3.63, 3.8) is 0 Å². The number of urea groups is 1. The minimum Gasteiger partial charge on any atom is -0.350 e. The Hall–Kier alpha value is -2.24. The second kappa shape index (κ2) is 6.34. The van der Waals surface area contributed by atoms with Crippen molar-refractivity contribution in [2.45, 2.75) is 31.5 Å². The van der Waals surface area contributed by atoms with E-state index >= 15 is 0 Å². The molecule has 0 radical (unpaired) electrons. The molecule has 0 aliphatic carbocycles. The number of amides is 3. The molecule has 2 aliphatic heterocycles. The molecule has 130 valence electrons. The van der Waals surface area contributed by atoms with Crippen LogP contribution in [0, 0.1) is 0 Å². The summed E-state index contributed by atoms with van der Waals surface area (Å²) in [6, 6.07) is 1.59. The highest BCUT2D eigenvalue weighted by Gasteiger charge is 2.49. The molecule has 3 rings (SSSR count). The molecule has 0 saturated carbocycles. The number of fused-ring (bicyclic) bond motifs is 2. The molecule has 2 bridgehead atoms. The highest BCUT2D eigenvalue weighted by molar-refractivity contribution is 7.80. The van der Waals surface area contributed by atoms with Gasteiger partial charge in [0.25, 0.3) is 0 Å². The number of carbonyl (C=O) groups is 2. The molecule has 2 aliphatic rings. The van der Waals surface area contributed by atoms with Crippen LogP contribution in [0.15, 0.2) is 24.5 Å². The van der Waals surface area contributed by atoms with E-state index in [4.69, 9.17) is 4.55 Å². The molecule has 10 nitrogen and oxygen atoms in total. The Kier molecular flexibility index (Phi) is 4.39. The van der Waals surface area contributed by atoms with Crippen LogP contribution in [0.3, 0.4) is 0 Å². The van der Waals surface area contributed by atoms with Crippen LogP contribution in [-0.2, 0) is 26.0 Å². The lowest BCUT2D eigenvalue weighted by Gasteiger charge is -2.29. The summed E-state index contributed by atoms with van der Waals surface area (Å²) in [5, 5.41) is 3.35. The summed E-state index contributed by atoms with van der Waals surface area (Å²) in [4.78, 5) is 29.8. The third-order valence-electron chi connectivity index (χ3n) is 3.99. The van der Waals surface area contributed by atoms with Crippen molar-refractivity contribution in [1.29, 1.82) is 0 Å². The van der Waals surface area contributed by atoms with Gasteiger partial charge in [-0.3, -0.25) is 14.3 Å². The molecule has 2 saturated heterocycles. The maximum Gasteiger partial charge on any atom is 0.418 e. The predicted octanol–water partition coefficient (Wildman–Crippen LogP) is -0.299. The summed E-state index contributed by atoms with van der Waals surface area (Å²) in [7, 11) is -4.79. The van der Waals surface area contributed by atoms with Crippen LogP contribution in [0.4, 0.5) is 4.79 Å². The van der Waals surface area contributed by atoms with E-state index in [1.807, 2.05) is 6.07 Å². The predicted molar refractivity (Wildman–Crippen MR) is 79.5 cm³/mol. The first-order chi connectivity index (χ1) is 11.3. The normalized spacial score (nSPS) is 23.5. The quantitative estimate of drug-likeness (QED) is 0.693. The Morgan fingerprint density at radius 2 is 2.25 bits per heavy atom. The van der Waals surface area contributed by atoms with Crippen molar-refractivity contribution >= 4 is 22.3 Å². The lowest BCUT2D eigenvalue weighted by molar-refractivity contribution is -0.126.